The third-order valence-electron chi connectivity index (χ3n) is 14.7. The summed E-state index contributed by atoms with van der Waals surface area (Å²) in [6.45, 7) is 4.35. The number of hydrogen-bond acceptors (Lipinski definition) is 4. The van der Waals surface area contributed by atoms with E-state index in [-0.39, 0.29) is 49.2 Å². The highest BCUT2D eigenvalue weighted by Crippen LogP contribution is 2.47. The molecule has 0 spiro atoms. The van der Waals surface area contributed by atoms with Gasteiger partial charge < -0.3 is 19.3 Å². The van der Waals surface area contributed by atoms with Crippen molar-refractivity contribution < 1.29 is 93.0 Å². The van der Waals surface area contributed by atoms with Gasteiger partial charge in [-0.25, -0.2) is 0 Å². The molecule has 0 amide bonds. The maximum Gasteiger partial charge on any atom is 0.864 e. The Labute approximate surface area is 484 Å². The predicted molar refractivity (Wildman–Crippen MR) is 293 cm³/mol. The van der Waals surface area contributed by atoms with Crippen LogP contribution in [-0.4, -0.2) is 13.4 Å². The van der Waals surface area contributed by atoms with Crippen LogP contribution in [0.15, 0.2) is 48.5 Å². The lowest BCUT2D eigenvalue weighted by atomic mass is 9.98. The van der Waals surface area contributed by atoms with Gasteiger partial charge in [-0.2, -0.15) is 79.0 Å². The molecule has 3 rings (SSSR count). The van der Waals surface area contributed by atoms with Crippen molar-refractivity contribution in [2.24, 2.45) is 0 Å². The molecule has 0 aliphatic rings. The average molecular weight is 1230 g/mol. The van der Waals surface area contributed by atoms with Crippen molar-refractivity contribution in [2.75, 3.05) is 5.32 Å². The molecular formula is C61H84BF18NO3. The molecule has 4 nitrogen and oxygen atoms in total. The number of alkyl halides is 18. The average Bonchev–Trinajstić information content (AvgIpc) is 1.68. The number of unbranched alkanes of at least 4 members (excludes halogenated alkanes) is 30. The van der Waals surface area contributed by atoms with E-state index < -0.39 is 119 Å². The van der Waals surface area contributed by atoms with Gasteiger partial charge >= 0.3 is 44.4 Å². The van der Waals surface area contributed by atoms with Gasteiger partial charge in [0.15, 0.2) is 0 Å². The minimum atomic E-state index is -5.67. The van der Waals surface area contributed by atoms with E-state index in [1.807, 2.05) is 0 Å². The summed E-state index contributed by atoms with van der Waals surface area (Å²) in [4.78, 5) is 0. The van der Waals surface area contributed by atoms with Gasteiger partial charge in [-0.1, -0.05) is 219 Å². The van der Waals surface area contributed by atoms with Crippen LogP contribution >= 0.6 is 0 Å². The van der Waals surface area contributed by atoms with E-state index in [1.54, 1.807) is 0 Å². The molecule has 0 aliphatic heterocycles. The fraction of sp³-hybridized carbons (Fsp3) is 0.705. The Bertz CT molecular complexity index is 2100. The maximum atomic E-state index is 15.2. The summed E-state index contributed by atoms with van der Waals surface area (Å²) in [6, 6.07) is -2.62. The van der Waals surface area contributed by atoms with Crippen molar-refractivity contribution in [3.05, 3.63) is 81.9 Å². The number of nitrogens with one attached hydrogen (secondary N) is 1. The Morgan fingerprint density at radius 3 is 0.810 bits per heavy atom. The van der Waals surface area contributed by atoms with Crippen molar-refractivity contribution >= 4 is 13.0 Å². The fourth-order valence-corrected chi connectivity index (χ4v) is 10.0. The molecule has 0 unspecified atom stereocenters. The monoisotopic (exact) mass is 1230 g/mol. The lowest BCUT2D eigenvalue weighted by molar-refractivity contribution is -0.144. The van der Waals surface area contributed by atoms with E-state index in [0.29, 0.717) is 25.7 Å². The second-order valence-electron chi connectivity index (χ2n) is 22.0. The van der Waals surface area contributed by atoms with Crippen LogP contribution in [0, 0.1) is 0 Å². The molecule has 480 valence electrons. The summed E-state index contributed by atoms with van der Waals surface area (Å²) in [5.74, 6) is -4.68. The van der Waals surface area contributed by atoms with Gasteiger partial charge in [0.2, 0.25) is 0 Å². The molecule has 0 heterocycles. The molecule has 0 aliphatic carbocycles. The summed E-state index contributed by atoms with van der Waals surface area (Å²) in [5.41, 5.74) is -13.7. The molecule has 0 radical (unpaired) electrons. The van der Waals surface area contributed by atoms with Gasteiger partial charge in [-0.05, 0) is 61.4 Å². The summed E-state index contributed by atoms with van der Waals surface area (Å²) in [6.07, 6.45) is -0.371. The molecule has 84 heavy (non-hydrogen) atoms. The van der Waals surface area contributed by atoms with E-state index >= 15 is 13.2 Å². The van der Waals surface area contributed by atoms with Crippen LogP contribution in [0.5, 0.6) is 17.2 Å². The van der Waals surface area contributed by atoms with Gasteiger partial charge in [0, 0.05) is 6.04 Å². The number of anilines is 1. The van der Waals surface area contributed by atoms with Gasteiger partial charge in [-0.3, -0.25) is 0 Å². The van der Waals surface area contributed by atoms with Crippen molar-refractivity contribution in [1.82, 2.24) is 0 Å². The Morgan fingerprint density at radius 1 is 0.310 bits per heavy atom. The Kier molecular flexibility index (Phi) is 32.3. The van der Waals surface area contributed by atoms with E-state index in [9.17, 15) is 65.9 Å². The normalized spacial score (nSPS) is 12.8. The van der Waals surface area contributed by atoms with Crippen LogP contribution in [0.3, 0.4) is 0 Å². The summed E-state index contributed by atoms with van der Waals surface area (Å²) in [7, 11) is -3.29. The van der Waals surface area contributed by atoms with Crippen molar-refractivity contribution in [2.45, 2.75) is 275 Å². The molecule has 3 aromatic carbocycles. The third kappa shape index (κ3) is 29.8. The first-order valence-electron chi connectivity index (χ1n) is 30.1. The zero-order valence-corrected chi connectivity index (χ0v) is 48.3. The van der Waals surface area contributed by atoms with Crippen LogP contribution in [0.2, 0.25) is 0 Å². The Hall–Kier alpha value is -4.34. The van der Waals surface area contributed by atoms with Gasteiger partial charge in [0.1, 0.15) is 17.2 Å². The predicted octanol–water partition coefficient (Wildman–Crippen LogP) is 24.4. The SMILES string of the molecule is CCCCCCCCCCCCCCCCCCC(CCCCCCCCCCCCCCCCCC)Nc1c(OB(Oc2cc(C(F)(F)F)cc(C(F)(F)F)c2)Oc2cc(C(F)(F)F)cc(C(F)(F)F)c2)cc(C(F)(F)F)cc1C(F)(F)F. The van der Waals surface area contributed by atoms with Gasteiger partial charge in [-0.15, -0.1) is 0 Å². The van der Waals surface area contributed by atoms with E-state index in [0.717, 1.165) is 89.9 Å². The number of halogens is 18. The lowest BCUT2D eigenvalue weighted by Gasteiger charge is -2.27. The molecule has 0 saturated carbocycles. The topological polar surface area (TPSA) is 39.7 Å². The molecular weight excluding hydrogens is 1150 g/mol. The number of benzene rings is 3. The van der Waals surface area contributed by atoms with E-state index in [2.05, 4.69) is 19.2 Å². The first-order valence-corrected chi connectivity index (χ1v) is 30.1. The second kappa shape index (κ2) is 36.7. The smallest absolute Gasteiger partial charge is 0.490 e. The largest absolute Gasteiger partial charge is 0.864 e. The first-order chi connectivity index (χ1) is 39.4. The quantitative estimate of drug-likeness (QED) is 0.0349. The van der Waals surface area contributed by atoms with Gasteiger partial charge in [0.25, 0.3) is 0 Å². The van der Waals surface area contributed by atoms with E-state index in [4.69, 9.17) is 14.0 Å². The zero-order chi connectivity index (χ0) is 62.5. The molecule has 23 heteroatoms. The highest BCUT2D eigenvalue weighted by Gasteiger charge is 2.45. The van der Waals surface area contributed by atoms with Crippen molar-refractivity contribution in [3.8, 4) is 17.2 Å². The van der Waals surface area contributed by atoms with Crippen LogP contribution in [0.25, 0.3) is 0 Å². The second-order valence-corrected chi connectivity index (χ2v) is 22.0. The first kappa shape index (κ1) is 73.9. The van der Waals surface area contributed by atoms with Crippen LogP contribution in [0.4, 0.5) is 84.7 Å². The Balaban J connectivity index is 1.98. The minimum absolute atomic E-state index is 0.0434. The maximum absolute atomic E-state index is 15.2. The molecule has 1 N–H and O–H groups in total. The number of rotatable bonds is 42. The molecule has 3 aromatic rings. The van der Waals surface area contributed by atoms with E-state index in [1.165, 1.54) is 89.9 Å². The van der Waals surface area contributed by atoms with Crippen molar-refractivity contribution in [3.63, 3.8) is 0 Å². The molecule has 0 aromatic heterocycles. The molecule has 0 bridgehead atoms. The Morgan fingerprint density at radius 2 is 0.560 bits per heavy atom. The highest BCUT2D eigenvalue weighted by atomic mass is 19.4. The van der Waals surface area contributed by atoms with Crippen LogP contribution in [-0.2, 0) is 37.1 Å². The van der Waals surface area contributed by atoms with Gasteiger partial charge in [0.05, 0.1) is 39.1 Å². The number of hydrogen-bond donors (Lipinski definition) is 1. The molecule has 0 fully saturated rings. The van der Waals surface area contributed by atoms with Crippen molar-refractivity contribution in [1.29, 1.82) is 0 Å². The fourth-order valence-electron chi connectivity index (χ4n) is 10.0. The molecule has 0 saturated heterocycles. The lowest BCUT2D eigenvalue weighted by Crippen LogP contribution is -2.38. The standard InChI is InChI=1S/C61H84BF18NO3/c1-3-5-7-9-11-13-15-17-19-21-23-25-27-29-31-33-35-50(36-34-32-30-28-26-24-22-20-18-16-14-12-10-8-6-4-2)81-55-53(61(78,79)80)43-49(60(75,76)77)44-54(55)84-62(82-51-39-45(56(63,64)65)37-46(40-51)57(66,67)68)83-52-41-47(58(69,70)71)38-48(42-52)59(72,73)74/h37-44,50,81H,3-36H2,1-2H3. The minimum Gasteiger partial charge on any atom is -0.490 e. The van der Waals surface area contributed by atoms with Crippen LogP contribution < -0.4 is 19.3 Å². The summed E-state index contributed by atoms with van der Waals surface area (Å²) >= 11 is 0. The highest BCUT2D eigenvalue weighted by molar-refractivity contribution is 6.39. The summed E-state index contributed by atoms with van der Waals surface area (Å²) < 4.78 is 273. The molecule has 0 atom stereocenters. The van der Waals surface area contributed by atoms with Crippen LogP contribution in [0.1, 0.15) is 266 Å². The zero-order valence-electron chi connectivity index (χ0n) is 48.3. The third-order valence-corrected chi connectivity index (χ3v) is 14.7. The summed E-state index contributed by atoms with van der Waals surface area (Å²) in [5, 5.41) is 2.64.